The molecule has 1 aromatic heterocycles. The van der Waals surface area contributed by atoms with Crippen LogP contribution in [0, 0.1) is 0 Å². The predicted molar refractivity (Wildman–Crippen MR) is 72.3 cm³/mol. The highest BCUT2D eigenvalue weighted by Crippen LogP contribution is 2.36. The number of nitrogens with zero attached hydrogens (tertiary/aromatic N) is 1. The van der Waals surface area contributed by atoms with Crippen molar-refractivity contribution in [1.29, 1.82) is 0 Å². The molecule has 1 heterocycles. The van der Waals surface area contributed by atoms with E-state index in [9.17, 15) is 9.90 Å². The fraction of sp³-hybridized carbons (Fsp3) is 0.333. The van der Waals surface area contributed by atoms with Gasteiger partial charge in [-0.25, -0.2) is 4.98 Å². The smallest absolute Gasteiger partial charge is 0.307 e. The Bertz CT molecular complexity index is 562. The first-order chi connectivity index (χ1) is 9.56. The molecular formula is C15H17NO4. The van der Waals surface area contributed by atoms with Gasteiger partial charge in [0, 0.05) is 0 Å². The molecule has 5 heteroatoms. The van der Waals surface area contributed by atoms with E-state index in [-0.39, 0.29) is 18.1 Å². The van der Waals surface area contributed by atoms with Crippen molar-refractivity contribution in [3.05, 3.63) is 48.2 Å². The van der Waals surface area contributed by atoms with Gasteiger partial charge in [-0.3, -0.25) is 4.79 Å². The number of hydrogen-bond acceptors (Lipinski definition) is 5. The number of carbonyl (C=O) groups is 1. The summed E-state index contributed by atoms with van der Waals surface area (Å²) in [4.78, 5) is 15.8. The van der Waals surface area contributed by atoms with Gasteiger partial charge in [-0.2, -0.15) is 0 Å². The number of carbonyl (C=O) groups excluding carboxylic acids is 1. The minimum Gasteiger partial charge on any atom is -0.508 e. The summed E-state index contributed by atoms with van der Waals surface area (Å²) in [5.41, 5.74) is 0.163. The molecule has 1 atom stereocenters. The van der Waals surface area contributed by atoms with Crippen LogP contribution in [0.5, 0.6) is 5.75 Å². The van der Waals surface area contributed by atoms with Crippen LogP contribution in [-0.2, 0) is 14.9 Å². The topological polar surface area (TPSA) is 72.6 Å². The second-order valence-corrected chi connectivity index (χ2v) is 4.73. The zero-order chi connectivity index (χ0) is 14.6. The normalized spacial score (nSPS) is 13.7. The molecule has 106 valence electrons. The van der Waals surface area contributed by atoms with E-state index in [4.69, 9.17) is 9.15 Å². The molecule has 2 aromatic rings. The summed E-state index contributed by atoms with van der Waals surface area (Å²) in [5, 5.41) is 9.39. The van der Waals surface area contributed by atoms with Gasteiger partial charge in [0.1, 0.15) is 11.5 Å². The number of aromatic hydroxyl groups is 1. The molecule has 0 spiro atoms. The minimum absolute atomic E-state index is 0.140. The van der Waals surface area contributed by atoms with Crippen molar-refractivity contribution in [1.82, 2.24) is 4.98 Å². The van der Waals surface area contributed by atoms with E-state index < -0.39 is 5.41 Å². The average Bonchev–Trinajstić information content (AvgIpc) is 2.94. The van der Waals surface area contributed by atoms with Crippen LogP contribution in [0.3, 0.4) is 0 Å². The lowest BCUT2D eigenvalue weighted by Gasteiger charge is -2.26. The lowest BCUT2D eigenvalue weighted by molar-refractivity contribution is -0.144. The second kappa shape index (κ2) is 5.77. The fourth-order valence-electron chi connectivity index (χ4n) is 2.15. The van der Waals surface area contributed by atoms with Crippen LogP contribution in [0.1, 0.15) is 31.6 Å². The van der Waals surface area contributed by atoms with E-state index in [1.807, 2.05) is 6.92 Å². The fourth-order valence-corrected chi connectivity index (χ4v) is 2.15. The molecule has 0 aliphatic rings. The van der Waals surface area contributed by atoms with Gasteiger partial charge >= 0.3 is 5.97 Å². The van der Waals surface area contributed by atoms with Crippen molar-refractivity contribution in [2.24, 2.45) is 0 Å². The molecule has 0 unspecified atom stereocenters. The Balaban J connectivity index is 2.38. The number of rotatable bonds is 5. The summed E-state index contributed by atoms with van der Waals surface area (Å²) >= 11 is 0. The van der Waals surface area contributed by atoms with Crippen LogP contribution in [0.25, 0.3) is 0 Å². The number of hydrogen-bond donors (Lipinski definition) is 1. The molecule has 0 bridgehead atoms. The number of aromatic nitrogens is 1. The Hall–Kier alpha value is -2.30. The van der Waals surface area contributed by atoms with Gasteiger partial charge in [-0.15, -0.1) is 0 Å². The van der Waals surface area contributed by atoms with E-state index in [1.54, 1.807) is 37.4 Å². The number of phenolic OH excluding ortho intramolecular Hbond substituents is 1. The van der Waals surface area contributed by atoms with Gasteiger partial charge in [0.2, 0.25) is 0 Å². The van der Waals surface area contributed by atoms with Crippen molar-refractivity contribution < 1.29 is 19.1 Å². The third-order valence-corrected chi connectivity index (χ3v) is 3.28. The van der Waals surface area contributed by atoms with Crippen LogP contribution >= 0.6 is 0 Å². The Labute approximate surface area is 117 Å². The van der Waals surface area contributed by atoms with Gasteiger partial charge in [-0.1, -0.05) is 12.1 Å². The molecule has 1 N–H and O–H groups in total. The largest absolute Gasteiger partial charge is 0.508 e. The molecule has 0 radical (unpaired) electrons. The van der Waals surface area contributed by atoms with Crippen LogP contribution in [0.4, 0.5) is 0 Å². The lowest BCUT2D eigenvalue weighted by atomic mass is 9.77. The van der Waals surface area contributed by atoms with Crippen LogP contribution in [0.2, 0.25) is 0 Å². The van der Waals surface area contributed by atoms with Gasteiger partial charge in [-0.05, 0) is 31.5 Å². The summed E-state index contributed by atoms with van der Waals surface area (Å²) in [6, 6.07) is 6.68. The first-order valence-electron chi connectivity index (χ1n) is 6.40. The van der Waals surface area contributed by atoms with E-state index in [0.717, 1.165) is 5.56 Å². The van der Waals surface area contributed by atoms with Crippen LogP contribution < -0.4 is 0 Å². The maximum Gasteiger partial charge on any atom is 0.307 e. The summed E-state index contributed by atoms with van der Waals surface area (Å²) in [5.74, 6) is 0.445. The summed E-state index contributed by atoms with van der Waals surface area (Å²) < 4.78 is 10.4. The Morgan fingerprint density at radius 2 is 2.10 bits per heavy atom. The average molecular weight is 275 g/mol. The molecule has 0 saturated heterocycles. The number of esters is 1. The molecule has 1 aromatic carbocycles. The van der Waals surface area contributed by atoms with E-state index in [0.29, 0.717) is 12.4 Å². The molecule has 0 amide bonds. The molecule has 0 aliphatic carbocycles. The van der Waals surface area contributed by atoms with Gasteiger partial charge in [0.25, 0.3) is 0 Å². The highest BCUT2D eigenvalue weighted by molar-refractivity contribution is 5.72. The third kappa shape index (κ3) is 2.82. The Morgan fingerprint density at radius 3 is 2.65 bits per heavy atom. The summed E-state index contributed by atoms with van der Waals surface area (Å²) in [6.45, 7) is 3.99. The molecule has 5 nitrogen and oxygen atoms in total. The van der Waals surface area contributed by atoms with Crippen molar-refractivity contribution in [2.45, 2.75) is 25.7 Å². The van der Waals surface area contributed by atoms with Crippen molar-refractivity contribution in [3.63, 3.8) is 0 Å². The molecular weight excluding hydrogens is 258 g/mol. The first-order valence-corrected chi connectivity index (χ1v) is 6.40. The first kappa shape index (κ1) is 14.1. The molecule has 2 rings (SSSR count). The Morgan fingerprint density at radius 1 is 1.40 bits per heavy atom. The maximum atomic E-state index is 11.9. The SMILES string of the molecule is CCOC(=O)C[C@@](C)(c1ccc(O)cc1)c1cnco1. The van der Waals surface area contributed by atoms with Crippen LogP contribution in [-0.4, -0.2) is 22.7 Å². The quantitative estimate of drug-likeness (QED) is 0.849. The maximum absolute atomic E-state index is 11.9. The van der Waals surface area contributed by atoms with Crippen LogP contribution in [0.15, 0.2) is 41.3 Å². The lowest BCUT2D eigenvalue weighted by Crippen LogP contribution is -2.27. The second-order valence-electron chi connectivity index (χ2n) is 4.73. The highest BCUT2D eigenvalue weighted by atomic mass is 16.5. The zero-order valence-corrected chi connectivity index (χ0v) is 11.5. The van der Waals surface area contributed by atoms with E-state index in [2.05, 4.69) is 4.98 Å². The van der Waals surface area contributed by atoms with Gasteiger partial charge in [0.05, 0.1) is 24.6 Å². The zero-order valence-electron chi connectivity index (χ0n) is 11.5. The highest BCUT2D eigenvalue weighted by Gasteiger charge is 2.35. The van der Waals surface area contributed by atoms with E-state index in [1.165, 1.54) is 6.39 Å². The van der Waals surface area contributed by atoms with Crippen molar-refractivity contribution in [2.75, 3.05) is 6.61 Å². The van der Waals surface area contributed by atoms with Gasteiger partial charge < -0.3 is 14.3 Å². The van der Waals surface area contributed by atoms with Gasteiger partial charge in [0.15, 0.2) is 6.39 Å². The molecule has 0 fully saturated rings. The minimum atomic E-state index is -0.684. The third-order valence-electron chi connectivity index (χ3n) is 3.28. The van der Waals surface area contributed by atoms with E-state index >= 15 is 0 Å². The number of phenols is 1. The molecule has 0 saturated carbocycles. The standard InChI is InChI=1S/C15H17NO4/c1-3-19-14(18)8-15(2,13-9-16-10-20-13)11-4-6-12(17)7-5-11/h4-7,9-10,17H,3,8H2,1-2H3/t15-/m0/s1. The number of oxazole rings is 1. The Kier molecular flexibility index (Phi) is 4.08. The van der Waals surface area contributed by atoms with Crippen molar-refractivity contribution in [3.8, 4) is 5.75 Å². The summed E-state index contributed by atoms with van der Waals surface area (Å²) in [6.07, 6.45) is 3.06. The number of ether oxygens (including phenoxy) is 1. The molecule has 20 heavy (non-hydrogen) atoms. The monoisotopic (exact) mass is 275 g/mol. The molecule has 0 aliphatic heterocycles. The predicted octanol–water partition coefficient (Wildman–Crippen LogP) is 2.64. The number of benzene rings is 1. The summed E-state index contributed by atoms with van der Waals surface area (Å²) in [7, 11) is 0. The van der Waals surface area contributed by atoms with Crippen molar-refractivity contribution >= 4 is 5.97 Å².